The van der Waals surface area contributed by atoms with Crippen LogP contribution in [0.1, 0.15) is 33.6 Å². The Bertz CT molecular complexity index is 219. The minimum atomic E-state index is -0.251. The molecule has 0 aromatic heterocycles. The van der Waals surface area contributed by atoms with Crippen molar-refractivity contribution in [2.24, 2.45) is 0 Å². The number of nitrogens with one attached hydrogen (secondary N) is 3. The van der Waals surface area contributed by atoms with Gasteiger partial charge >= 0.3 is 0 Å². The Morgan fingerprint density at radius 3 is 2.38 bits per heavy atom. The van der Waals surface area contributed by atoms with Crippen molar-refractivity contribution in [1.82, 2.24) is 16.0 Å². The third kappa shape index (κ3) is 7.23. The highest BCUT2D eigenvalue weighted by molar-refractivity contribution is 5.81. The molecule has 0 saturated heterocycles. The Balaban J connectivity index is 3.57. The third-order valence-corrected chi connectivity index (χ3v) is 2.12. The topological polar surface area (TPSA) is 70.2 Å². The van der Waals surface area contributed by atoms with Crippen molar-refractivity contribution >= 4 is 11.8 Å². The van der Waals surface area contributed by atoms with Crippen LogP contribution in [0.2, 0.25) is 0 Å². The highest BCUT2D eigenvalue weighted by Gasteiger charge is 2.10. The number of amides is 2. The van der Waals surface area contributed by atoms with Gasteiger partial charge < -0.3 is 16.0 Å². The molecule has 0 saturated carbocycles. The fourth-order valence-electron chi connectivity index (χ4n) is 1.18. The maximum atomic E-state index is 11.3. The highest BCUT2D eigenvalue weighted by Crippen LogP contribution is 1.84. The quantitative estimate of drug-likeness (QED) is 0.549. The highest BCUT2D eigenvalue weighted by atomic mass is 16.2. The fourth-order valence-corrected chi connectivity index (χ4v) is 1.18. The van der Waals surface area contributed by atoms with Gasteiger partial charge in [0.05, 0.1) is 6.04 Å². The second kappa shape index (κ2) is 9.15. The molecule has 16 heavy (non-hydrogen) atoms. The molecule has 0 aliphatic carbocycles. The lowest BCUT2D eigenvalue weighted by molar-refractivity contribution is -0.123. The molecule has 0 aromatic carbocycles. The van der Waals surface area contributed by atoms with Crippen molar-refractivity contribution in [2.75, 3.05) is 19.6 Å². The van der Waals surface area contributed by atoms with E-state index in [0.29, 0.717) is 26.1 Å². The van der Waals surface area contributed by atoms with Gasteiger partial charge in [-0.1, -0.05) is 6.92 Å². The lowest BCUT2D eigenvalue weighted by Crippen LogP contribution is -2.43. The maximum Gasteiger partial charge on any atom is 0.236 e. The Labute approximate surface area is 97.4 Å². The van der Waals surface area contributed by atoms with Crippen LogP contribution < -0.4 is 16.0 Å². The molecular formula is C11H23N3O2. The molecule has 0 radical (unpaired) electrons. The van der Waals surface area contributed by atoms with Crippen molar-refractivity contribution in [1.29, 1.82) is 0 Å². The number of rotatable bonds is 8. The molecule has 0 spiro atoms. The van der Waals surface area contributed by atoms with E-state index >= 15 is 0 Å². The van der Waals surface area contributed by atoms with Crippen molar-refractivity contribution in [3.05, 3.63) is 0 Å². The predicted molar refractivity (Wildman–Crippen MR) is 64.1 cm³/mol. The van der Waals surface area contributed by atoms with Gasteiger partial charge in [-0.25, -0.2) is 0 Å². The molecule has 0 aliphatic heterocycles. The van der Waals surface area contributed by atoms with Gasteiger partial charge in [-0.05, 0) is 20.3 Å². The zero-order valence-electron chi connectivity index (χ0n) is 10.4. The molecule has 94 valence electrons. The molecule has 1 unspecified atom stereocenters. The largest absolute Gasteiger partial charge is 0.356 e. The van der Waals surface area contributed by atoms with Crippen molar-refractivity contribution in [3.63, 3.8) is 0 Å². The lowest BCUT2D eigenvalue weighted by Gasteiger charge is -2.12. The molecule has 0 aromatic rings. The summed E-state index contributed by atoms with van der Waals surface area (Å²) in [5, 5.41) is 8.50. The summed E-state index contributed by atoms with van der Waals surface area (Å²) in [6.07, 6.45) is 1.35. The van der Waals surface area contributed by atoms with Crippen LogP contribution in [-0.4, -0.2) is 37.5 Å². The first-order chi connectivity index (χ1) is 7.61. The normalized spacial score (nSPS) is 11.9. The molecule has 2 amide bonds. The molecule has 1 atom stereocenters. The SMILES string of the molecule is CCCNC(=O)CCNC(C)C(=O)NCC. The average molecular weight is 229 g/mol. The van der Waals surface area contributed by atoms with Crippen LogP contribution in [-0.2, 0) is 9.59 Å². The summed E-state index contributed by atoms with van der Waals surface area (Å²) in [5.41, 5.74) is 0. The number of carbonyl (C=O) groups is 2. The van der Waals surface area contributed by atoms with Gasteiger partial charge in [0.15, 0.2) is 0 Å². The summed E-state index contributed by atoms with van der Waals surface area (Å²) in [5.74, 6) is -0.00563. The summed E-state index contributed by atoms with van der Waals surface area (Å²) in [6, 6.07) is -0.251. The van der Waals surface area contributed by atoms with Crippen LogP contribution >= 0.6 is 0 Å². The van der Waals surface area contributed by atoms with Crippen LogP contribution in [0.5, 0.6) is 0 Å². The van der Waals surface area contributed by atoms with Gasteiger partial charge in [-0.3, -0.25) is 9.59 Å². The number of hydrogen-bond donors (Lipinski definition) is 3. The molecule has 3 N–H and O–H groups in total. The average Bonchev–Trinajstić information content (AvgIpc) is 2.26. The van der Waals surface area contributed by atoms with Crippen molar-refractivity contribution < 1.29 is 9.59 Å². The Morgan fingerprint density at radius 1 is 1.12 bits per heavy atom. The van der Waals surface area contributed by atoms with E-state index in [4.69, 9.17) is 0 Å². The smallest absolute Gasteiger partial charge is 0.236 e. The van der Waals surface area contributed by atoms with E-state index in [0.717, 1.165) is 6.42 Å². The predicted octanol–water partition coefficient (Wildman–Crippen LogP) is 0.0169. The van der Waals surface area contributed by atoms with E-state index < -0.39 is 0 Å². The molecule has 0 heterocycles. The summed E-state index contributed by atoms with van der Waals surface area (Å²) >= 11 is 0. The van der Waals surface area contributed by atoms with E-state index in [1.54, 1.807) is 6.92 Å². The zero-order chi connectivity index (χ0) is 12.4. The van der Waals surface area contributed by atoms with E-state index in [1.165, 1.54) is 0 Å². The molecule has 0 aliphatic rings. The standard InChI is InChI=1S/C11H23N3O2/c1-4-7-14-10(15)6-8-13-9(3)11(16)12-5-2/h9,13H,4-8H2,1-3H3,(H,12,16)(H,14,15). The van der Waals surface area contributed by atoms with Gasteiger partial charge in [-0.15, -0.1) is 0 Å². The van der Waals surface area contributed by atoms with Crippen LogP contribution in [0.15, 0.2) is 0 Å². The molecule has 5 nitrogen and oxygen atoms in total. The maximum absolute atomic E-state index is 11.3. The Morgan fingerprint density at radius 2 is 1.81 bits per heavy atom. The summed E-state index contributed by atoms with van der Waals surface area (Å²) in [6.45, 7) is 7.54. The second-order valence-electron chi connectivity index (χ2n) is 3.67. The third-order valence-electron chi connectivity index (χ3n) is 2.12. The Kier molecular flexibility index (Phi) is 8.52. The molecule has 0 rings (SSSR count). The molecule has 0 bridgehead atoms. The second-order valence-corrected chi connectivity index (χ2v) is 3.67. The van der Waals surface area contributed by atoms with Crippen LogP contribution in [0.3, 0.4) is 0 Å². The summed E-state index contributed by atoms with van der Waals surface area (Å²) < 4.78 is 0. The van der Waals surface area contributed by atoms with Crippen molar-refractivity contribution in [2.45, 2.75) is 39.7 Å². The first-order valence-electron chi connectivity index (χ1n) is 5.89. The van der Waals surface area contributed by atoms with Gasteiger partial charge in [0.25, 0.3) is 0 Å². The van der Waals surface area contributed by atoms with Crippen LogP contribution in [0, 0.1) is 0 Å². The fraction of sp³-hybridized carbons (Fsp3) is 0.818. The van der Waals surface area contributed by atoms with Gasteiger partial charge in [-0.2, -0.15) is 0 Å². The first kappa shape index (κ1) is 14.9. The molecule has 5 heteroatoms. The zero-order valence-corrected chi connectivity index (χ0v) is 10.4. The minimum Gasteiger partial charge on any atom is -0.356 e. The lowest BCUT2D eigenvalue weighted by atomic mass is 10.3. The van der Waals surface area contributed by atoms with E-state index in [2.05, 4.69) is 16.0 Å². The first-order valence-corrected chi connectivity index (χ1v) is 5.89. The number of likely N-dealkylation sites (N-methyl/N-ethyl adjacent to an activating group) is 1. The number of carbonyl (C=O) groups excluding carboxylic acids is 2. The van der Waals surface area contributed by atoms with E-state index in [-0.39, 0.29) is 17.9 Å². The Hall–Kier alpha value is -1.10. The van der Waals surface area contributed by atoms with Crippen LogP contribution in [0.25, 0.3) is 0 Å². The van der Waals surface area contributed by atoms with E-state index in [9.17, 15) is 9.59 Å². The van der Waals surface area contributed by atoms with Gasteiger partial charge in [0, 0.05) is 26.1 Å². The van der Waals surface area contributed by atoms with Crippen LogP contribution in [0.4, 0.5) is 0 Å². The molecule has 0 fully saturated rings. The van der Waals surface area contributed by atoms with Crippen molar-refractivity contribution in [3.8, 4) is 0 Å². The van der Waals surface area contributed by atoms with Gasteiger partial charge in [0.1, 0.15) is 0 Å². The number of hydrogen-bond acceptors (Lipinski definition) is 3. The summed E-state index contributed by atoms with van der Waals surface area (Å²) in [7, 11) is 0. The van der Waals surface area contributed by atoms with Gasteiger partial charge in [0.2, 0.25) is 11.8 Å². The molecular weight excluding hydrogens is 206 g/mol. The van der Waals surface area contributed by atoms with E-state index in [1.807, 2.05) is 13.8 Å². The monoisotopic (exact) mass is 229 g/mol. The summed E-state index contributed by atoms with van der Waals surface area (Å²) in [4.78, 5) is 22.5. The minimum absolute atomic E-state index is 0.0254.